The number of fused-ring (bicyclic) bond motifs is 1. The first-order chi connectivity index (χ1) is 12.3. The SMILES string of the molecule is CC1CN(Cc2cccc(CNc3ccc4nnnn4n3)c2)CCO1. The monoisotopic (exact) mass is 339 g/mol. The first-order valence-electron chi connectivity index (χ1n) is 8.47. The molecule has 0 radical (unpaired) electrons. The summed E-state index contributed by atoms with van der Waals surface area (Å²) in [5.41, 5.74) is 3.17. The van der Waals surface area contributed by atoms with Gasteiger partial charge in [-0.3, -0.25) is 4.90 Å². The average Bonchev–Trinajstić information content (AvgIpc) is 3.08. The summed E-state index contributed by atoms with van der Waals surface area (Å²) >= 11 is 0. The number of nitrogens with zero attached hydrogens (tertiary/aromatic N) is 6. The van der Waals surface area contributed by atoms with Crippen LogP contribution in [0.3, 0.4) is 0 Å². The normalized spacial score (nSPS) is 18.5. The second kappa shape index (κ2) is 7.12. The molecule has 130 valence electrons. The summed E-state index contributed by atoms with van der Waals surface area (Å²) in [4.78, 5) is 2.44. The lowest BCUT2D eigenvalue weighted by Crippen LogP contribution is -2.40. The van der Waals surface area contributed by atoms with Crippen LogP contribution in [0.2, 0.25) is 0 Å². The molecule has 8 nitrogen and oxygen atoms in total. The van der Waals surface area contributed by atoms with Crippen molar-refractivity contribution in [3.05, 3.63) is 47.5 Å². The average molecular weight is 339 g/mol. The van der Waals surface area contributed by atoms with Gasteiger partial charge in [0.1, 0.15) is 5.82 Å². The van der Waals surface area contributed by atoms with Gasteiger partial charge in [-0.05, 0) is 40.6 Å². The topological polar surface area (TPSA) is 80.5 Å². The lowest BCUT2D eigenvalue weighted by Gasteiger charge is -2.31. The fourth-order valence-electron chi connectivity index (χ4n) is 3.07. The van der Waals surface area contributed by atoms with Gasteiger partial charge < -0.3 is 10.1 Å². The van der Waals surface area contributed by atoms with Crippen LogP contribution in [-0.4, -0.2) is 56.0 Å². The van der Waals surface area contributed by atoms with Gasteiger partial charge in [0.2, 0.25) is 0 Å². The van der Waals surface area contributed by atoms with Crippen molar-refractivity contribution in [2.45, 2.75) is 26.1 Å². The highest BCUT2D eigenvalue weighted by molar-refractivity contribution is 5.42. The Balaban J connectivity index is 1.39. The molecule has 0 saturated carbocycles. The van der Waals surface area contributed by atoms with E-state index in [9.17, 15) is 0 Å². The van der Waals surface area contributed by atoms with Crippen LogP contribution in [0.5, 0.6) is 0 Å². The number of hydrogen-bond acceptors (Lipinski definition) is 7. The maximum atomic E-state index is 5.61. The Bertz CT molecular complexity index is 850. The number of rotatable bonds is 5. The van der Waals surface area contributed by atoms with Gasteiger partial charge in [0.25, 0.3) is 0 Å². The van der Waals surface area contributed by atoms with E-state index in [1.54, 1.807) is 0 Å². The molecular formula is C17H21N7O. The highest BCUT2D eigenvalue weighted by Crippen LogP contribution is 2.13. The van der Waals surface area contributed by atoms with E-state index in [2.05, 4.69) is 62.0 Å². The highest BCUT2D eigenvalue weighted by atomic mass is 16.5. The van der Waals surface area contributed by atoms with Gasteiger partial charge in [0, 0.05) is 26.2 Å². The zero-order chi connectivity index (χ0) is 17.1. The molecule has 1 saturated heterocycles. The molecule has 1 N–H and O–H groups in total. The molecule has 0 bridgehead atoms. The molecule has 0 aliphatic carbocycles. The smallest absolute Gasteiger partial charge is 0.200 e. The summed E-state index contributed by atoms with van der Waals surface area (Å²) in [5.74, 6) is 0.743. The summed E-state index contributed by atoms with van der Waals surface area (Å²) in [6.45, 7) is 6.57. The highest BCUT2D eigenvalue weighted by Gasteiger charge is 2.16. The van der Waals surface area contributed by atoms with Crippen LogP contribution in [0, 0.1) is 0 Å². The van der Waals surface area contributed by atoms with Crippen LogP contribution in [0.1, 0.15) is 18.1 Å². The number of anilines is 1. The van der Waals surface area contributed by atoms with Crippen molar-refractivity contribution in [1.29, 1.82) is 0 Å². The number of nitrogens with one attached hydrogen (secondary N) is 1. The van der Waals surface area contributed by atoms with Crippen molar-refractivity contribution < 1.29 is 4.74 Å². The number of aromatic nitrogens is 5. The van der Waals surface area contributed by atoms with E-state index in [-0.39, 0.29) is 0 Å². The second-order valence-electron chi connectivity index (χ2n) is 6.34. The Hall–Kier alpha value is -2.58. The third kappa shape index (κ3) is 3.92. The van der Waals surface area contributed by atoms with E-state index < -0.39 is 0 Å². The van der Waals surface area contributed by atoms with Gasteiger partial charge in [-0.1, -0.05) is 24.3 Å². The van der Waals surface area contributed by atoms with E-state index in [0.29, 0.717) is 18.3 Å². The molecule has 4 rings (SSSR count). The zero-order valence-corrected chi connectivity index (χ0v) is 14.2. The Labute approximate surface area is 145 Å². The molecule has 2 aromatic heterocycles. The lowest BCUT2D eigenvalue weighted by molar-refractivity contribution is -0.0212. The molecule has 1 aliphatic rings. The lowest BCUT2D eigenvalue weighted by atomic mass is 10.1. The van der Waals surface area contributed by atoms with Gasteiger partial charge >= 0.3 is 0 Å². The number of morpholine rings is 1. The van der Waals surface area contributed by atoms with Gasteiger partial charge in [0.05, 0.1) is 12.7 Å². The van der Waals surface area contributed by atoms with Gasteiger partial charge in [-0.2, -0.15) is 0 Å². The van der Waals surface area contributed by atoms with Crippen molar-refractivity contribution in [3.63, 3.8) is 0 Å². The third-order valence-corrected chi connectivity index (χ3v) is 4.27. The summed E-state index contributed by atoms with van der Waals surface area (Å²) in [5, 5.41) is 18.9. The minimum atomic E-state index is 0.311. The fraction of sp³-hybridized carbons (Fsp3) is 0.412. The van der Waals surface area contributed by atoms with E-state index in [0.717, 1.165) is 32.1 Å². The van der Waals surface area contributed by atoms with E-state index in [1.165, 1.54) is 15.8 Å². The Morgan fingerprint density at radius 3 is 3.08 bits per heavy atom. The van der Waals surface area contributed by atoms with E-state index >= 15 is 0 Å². The quantitative estimate of drug-likeness (QED) is 0.751. The van der Waals surface area contributed by atoms with Crippen molar-refractivity contribution in [2.75, 3.05) is 25.0 Å². The molecule has 0 spiro atoms. The van der Waals surface area contributed by atoms with Crippen LogP contribution in [0.4, 0.5) is 5.82 Å². The maximum absolute atomic E-state index is 5.61. The van der Waals surface area contributed by atoms with E-state index in [1.807, 2.05) is 12.1 Å². The first kappa shape index (κ1) is 15.9. The predicted molar refractivity (Wildman–Crippen MR) is 93.0 cm³/mol. The summed E-state index contributed by atoms with van der Waals surface area (Å²) in [6, 6.07) is 12.4. The Morgan fingerprint density at radius 2 is 2.16 bits per heavy atom. The van der Waals surface area contributed by atoms with E-state index in [4.69, 9.17) is 4.74 Å². The summed E-state index contributed by atoms with van der Waals surface area (Å²) in [7, 11) is 0. The number of benzene rings is 1. The molecule has 3 aromatic rings. The van der Waals surface area contributed by atoms with Gasteiger partial charge in [-0.25, -0.2) is 0 Å². The molecule has 1 aromatic carbocycles. The largest absolute Gasteiger partial charge is 0.376 e. The van der Waals surface area contributed by atoms with Crippen LogP contribution in [0.15, 0.2) is 36.4 Å². The number of tetrazole rings is 1. The summed E-state index contributed by atoms with van der Waals surface area (Å²) in [6.07, 6.45) is 0.311. The maximum Gasteiger partial charge on any atom is 0.200 e. The van der Waals surface area contributed by atoms with Crippen LogP contribution in [-0.2, 0) is 17.8 Å². The molecule has 25 heavy (non-hydrogen) atoms. The van der Waals surface area contributed by atoms with Crippen molar-refractivity contribution in [1.82, 2.24) is 30.2 Å². The Kier molecular flexibility index (Phi) is 4.53. The van der Waals surface area contributed by atoms with Crippen LogP contribution in [0.25, 0.3) is 5.65 Å². The molecule has 8 heteroatoms. The van der Waals surface area contributed by atoms with Crippen LogP contribution < -0.4 is 5.32 Å². The zero-order valence-electron chi connectivity index (χ0n) is 14.2. The van der Waals surface area contributed by atoms with Crippen LogP contribution >= 0.6 is 0 Å². The van der Waals surface area contributed by atoms with Gasteiger partial charge in [0.15, 0.2) is 5.65 Å². The molecule has 3 heterocycles. The van der Waals surface area contributed by atoms with Crippen molar-refractivity contribution in [3.8, 4) is 0 Å². The standard InChI is InChI=1S/C17H21N7O/c1-13-11-23(7-8-25-13)12-15-4-2-3-14(9-15)10-18-16-5-6-17-19-21-22-24(17)20-16/h2-6,9,13H,7-8,10-12H2,1H3,(H,18,20). The minimum Gasteiger partial charge on any atom is -0.376 e. The molecule has 1 unspecified atom stereocenters. The molecular weight excluding hydrogens is 318 g/mol. The van der Waals surface area contributed by atoms with Gasteiger partial charge in [-0.15, -0.1) is 14.8 Å². The predicted octanol–water partition coefficient (Wildman–Crippen LogP) is 1.35. The molecule has 1 fully saturated rings. The fourth-order valence-corrected chi connectivity index (χ4v) is 3.07. The summed E-state index contributed by atoms with van der Waals surface area (Å²) < 4.78 is 7.02. The number of hydrogen-bond donors (Lipinski definition) is 1. The third-order valence-electron chi connectivity index (χ3n) is 4.27. The second-order valence-corrected chi connectivity index (χ2v) is 6.34. The molecule has 1 aliphatic heterocycles. The Morgan fingerprint density at radius 1 is 1.24 bits per heavy atom. The van der Waals surface area contributed by atoms with Crippen molar-refractivity contribution in [2.24, 2.45) is 0 Å². The van der Waals surface area contributed by atoms with Crippen molar-refractivity contribution >= 4 is 11.5 Å². The minimum absolute atomic E-state index is 0.311. The molecule has 0 amide bonds. The number of ether oxygens (including phenoxy) is 1. The molecule has 1 atom stereocenters. The first-order valence-corrected chi connectivity index (χ1v) is 8.47.